The average molecular weight is 289 g/mol. The highest BCUT2D eigenvalue weighted by atomic mass is 16.6. The molecule has 0 saturated heterocycles. The molecular weight excluding hydrogens is 274 g/mol. The molecule has 1 aromatic carbocycles. The molecule has 0 bridgehead atoms. The first kappa shape index (κ1) is 14.7. The first-order valence-corrected chi connectivity index (χ1v) is 6.42. The van der Waals surface area contributed by atoms with Crippen LogP contribution in [-0.4, -0.2) is 36.1 Å². The maximum Gasteiger partial charge on any atom is 0.325 e. The zero-order valence-corrected chi connectivity index (χ0v) is 11.8. The number of aromatic nitrogens is 1. The summed E-state index contributed by atoms with van der Waals surface area (Å²) in [6.45, 7) is 2.54. The van der Waals surface area contributed by atoms with Gasteiger partial charge in [0.15, 0.2) is 0 Å². The van der Waals surface area contributed by atoms with E-state index in [9.17, 15) is 14.9 Å². The number of fused-ring (bicyclic) bond motifs is 1. The fraction of sp³-hybridized carbons (Fsp3) is 0.286. The van der Waals surface area contributed by atoms with E-state index in [-0.39, 0.29) is 18.2 Å². The Hall–Kier alpha value is -2.70. The highest BCUT2D eigenvalue weighted by molar-refractivity contribution is 5.97. The van der Waals surface area contributed by atoms with Crippen molar-refractivity contribution in [3.63, 3.8) is 0 Å². The van der Waals surface area contributed by atoms with Gasteiger partial charge >= 0.3 is 5.97 Å². The van der Waals surface area contributed by atoms with E-state index in [4.69, 9.17) is 0 Å². The van der Waals surface area contributed by atoms with Gasteiger partial charge < -0.3 is 9.64 Å². The van der Waals surface area contributed by atoms with Crippen LogP contribution < -0.4 is 4.90 Å². The number of nitro groups is 1. The Morgan fingerprint density at radius 3 is 2.81 bits per heavy atom. The van der Waals surface area contributed by atoms with Crippen LogP contribution in [0.1, 0.15) is 6.92 Å². The Morgan fingerprint density at radius 2 is 2.19 bits per heavy atom. The normalized spacial score (nSPS) is 10.4. The summed E-state index contributed by atoms with van der Waals surface area (Å²) >= 11 is 0. The number of likely N-dealkylation sites (N-methyl/N-ethyl adjacent to an activating group) is 1. The molecule has 0 saturated carbocycles. The van der Waals surface area contributed by atoms with E-state index < -0.39 is 4.92 Å². The molecule has 2 aromatic rings. The number of nitrogens with zero attached hydrogens (tertiary/aromatic N) is 3. The molecule has 7 heteroatoms. The van der Waals surface area contributed by atoms with Gasteiger partial charge in [-0.2, -0.15) is 0 Å². The standard InChI is InChI=1S/C14H15N3O4/c1-3-16(9-13(18)21-2)11-7-8-15-14-10(11)5-4-6-12(14)17(19)20/h4-8H,3,9H2,1-2H3. The second kappa shape index (κ2) is 6.17. The smallest absolute Gasteiger partial charge is 0.325 e. The second-order valence-corrected chi connectivity index (χ2v) is 4.35. The minimum absolute atomic E-state index is 0.0523. The molecule has 21 heavy (non-hydrogen) atoms. The van der Waals surface area contributed by atoms with Crippen LogP contribution in [0.4, 0.5) is 11.4 Å². The van der Waals surface area contributed by atoms with E-state index in [1.807, 2.05) is 6.92 Å². The van der Waals surface area contributed by atoms with Gasteiger partial charge in [-0.25, -0.2) is 4.98 Å². The molecule has 0 aliphatic heterocycles. The number of non-ortho nitro benzene ring substituents is 1. The number of carbonyl (C=O) groups excluding carboxylic acids is 1. The van der Waals surface area contributed by atoms with E-state index in [0.717, 1.165) is 5.69 Å². The molecule has 0 aliphatic carbocycles. The molecule has 0 amide bonds. The van der Waals surface area contributed by atoms with Crippen molar-refractivity contribution >= 4 is 28.2 Å². The van der Waals surface area contributed by atoms with Gasteiger partial charge in [0, 0.05) is 29.9 Å². The van der Waals surface area contributed by atoms with Crippen molar-refractivity contribution in [1.82, 2.24) is 4.98 Å². The summed E-state index contributed by atoms with van der Waals surface area (Å²) in [6, 6.07) is 6.51. The van der Waals surface area contributed by atoms with Crippen molar-refractivity contribution in [2.45, 2.75) is 6.92 Å². The van der Waals surface area contributed by atoms with Crippen LogP contribution in [0, 0.1) is 10.1 Å². The Balaban J connectivity index is 2.56. The summed E-state index contributed by atoms with van der Waals surface area (Å²) < 4.78 is 4.67. The van der Waals surface area contributed by atoms with Crippen molar-refractivity contribution in [1.29, 1.82) is 0 Å². The van der Waals surface area contributed by atoms with Crippen molar-refractivity contribution in [3.05, 3.63) is 40.6 Å². The lowest BCUT2D eigenvalue weighted by Gasteiger charge is -2.22. The van der Waals surface area contributed by atoms with Gasteiger partial charge in [-0.1, -0.05) is 12.1 Å². The number of methoxy groups -OCH3 is 1. The minimum Gasteiger partial charge on any atom is -0.468 e. The Morgan fingerprint density at radius 1 is 1.43 bits per heavy atom. The number of para-hydroxylation sites is 1. The van der Waals surface area contributed by atoms with E-state index >= 15 is 0 Å². The van der Waals surface area contributed by atoms with Crippen molar-refractivity contribution < 1.29 is 14.5 Å². The van der Waals surface area contributed by atoms with Crippen molar-refractivity contribution in [2.24, 2.45) is 0 Å². The number of hydrogen-bond acceptors (Lipinski definition) is 6. The summed E-state index contributed by atoms with van der Waals surface area (Å²) in [5, 5.41) is 11.7. The number of anilines is 1. The van der Waals surface area contributed by atoms with Gasteiger partial charge in [0.05, 0.1) is 12.0 Å². The van der Waals surface area contributed by atoms with Crippen LogP contribution in [0.15, 0.2) is 30.5 Å². The monoisotopic (exact) mass is 289 g/mol. The molecule has 0 spiro atoms. The molecule has 0 unspecified atom stereocenters. The fourth-order valence-corrected chi connectivity index (χ4v) is 2.16. The molecule has 2 rings (SSSR count). The lowest BCUT2D eigenvalue weighted by atomic mass is 10.1. The topological polar surface area (TPSA) is 85.6 Å². The first-order valence-electron chi connectivity index (χ1n) is 6.42. The van der Waals surface area contributed by atoms with Gasteiger partial charge in [0.2, 0.25) is 0 Å². The summed E-state index contributed by atoms with van der Waals surface area (Å²) in [7, 11) is 1.33. The van der Waals surface area contributed by atoms with Crippen LogP contribution in [0.25, 0.3) is 10.9 Å². The van der Waals surface area contributed by atoms with E-state index in [1.165, 1.54) is 19.4 Å². The molecule has 110 valence electrons. The zero-order valence-electron chi connectivity index (χ0n) is 11.8. The summed E-state index contributed by atoms with van der Waals surface area (Å²) in [4.78, 5) is 28.0. The van der Waals surface area contributed by atoms with E-state index in [0.29, 0.717) is 17.4 Å². The Kier molecular flexibility index (Phi) is 4.32. The Bertz CT molecular complexity index is 687. The summed E-state index contributed by atoms with van der Waals surface area (Å²) in [5.74, 6) is -0.368. The second-order valence-electron chi connectivity index (χ2n) is 4.35. The number of nitro benzene ring substituents is 1. The fourth-order valence-electron chi connectivity index (χ4n) is 2.16. The zero-order chi connectivity index (χ0) is 15.4. The lowest BCUT2D eigenvalue weighted by Crippen LogP contribution is -2.30. The molecule has 0 atom stereocenters. The molecule has 0 aliphatic rings. The highest BCUT2D eigenvalue weighted by Crippen LogP contribution is 2.30. The molecule has 0 N–H and O–H groups in total. The van der Waals surface area contributed by atoms with Gasteiger partial charge in [-0.3, -0.25) is 14.9 Å². The predicted molar refractivity (Wildman–Crippen MR) is 78.3 cm³/mol. The molecule has 0 fully saturated rings. The molecule has 1 heterocycles. The van der Waals surface area contributed by atoms with Crippen LogP contribution in [0.5, 0.6) is 0 Å². The third-order valence-corrected chi connectivity index (χ3v) is 3.19. The molecular formula is C14H15N3O4. The van der Waals surface area contributed by atoms with E-state index in [1.54, 1.807) is 23.1 Å². The SMILES string of the molecule is CCN(CC(=O)OC)c1ccnc2c([N+](=O)[O-])cccc12. The van der Waals surface area contributed by atoms with Crippen LogP contribution in [-0.2, 0) is 9.53 Å². The highest BCUT2D eigenvalue weighted by Gasteiger charge is 2.18. The number of benzene rings is 1. The number of esters is 1. The van der Waals surface area contributed by atoms with Gasteiger partial charge in [-0.05, 0) is 13.0 Å². The summed E-state index contributed by atoms with van der Waals surface area (Å²) in [5.41, 5.74) is 0.975. The number of carbonyl (C=O) groups is 1. The first-order chi connectivity index (χ1) is 10.1. The number of rotatable bonds is 5. The Labute approximate surface area is 121 Å². The molecule has 7 nitrogen and oxygen atoms in total. The lowest BCUT2D eigenvalue weighted by molar-refractivity contribution is -0.383. The van der Waals surface area contributed by atoms with Crippen LogP contribution >= 0.6 is 0 Å². The molecule has 0 radical (unpaired) electrons. The third kappa shape index (κ3) is 2.91. The van der Waals surface area contributed by atoms with E-state index in [2.05, 4.69) is 9.72 Å². The van der Waals surface area contributed by atoms with Gasteiger partial charge in [-0.15, -0.1) is 0 Å². The van der Waals surface area contributed by atoms with Crippen LogP contribution in [0.2, 0.25) is 0 Å². The van der Waals surface area contributed by atoms with Gasteiger partial charge in [0.1, 0.15) is 12.1 Å². The quantitative estimate of drug-likeness (QED) is 0.476. The summed E-state index contributed by atoms with van der Waals surface area (Å²) in [6.07, 6.45) is 1.50. The van der Waals surface area contributed by atoms with Crippen molar-refractivity contribution in [2.75, 3.05) is 25.1 Å². The minimum atomic E-state index is -0.463. The number of hydrogen-bond donors (Lipinski definition) is 0. The number of pyridine rings is 1. The largest absolute Gasteiger partial charge is 0.468 e. The predicted octanol–water partition coefficient (Wildman–Crippen LogP) is 2.14. The maximum absolute atomic E-state index is 11.5. The average Bonchev–Trinajstić information content (AvgIpc) is 2.51. The maximum atomic E-state index is 11.5. The van der Waals surface area contributed by atoms with Crippen molar-refractivity contribution in [3.8, 4) is 0 Å². The van der Waals surface area contributed by atoms with Gasteiger partial charge in [0.25, 0.3) is 5.69 Å². The third-order valence-electron chi connectivity index (χ3n) is 3.19. The van der Waals surface area contributed by atoms with Crippen LogP contribution in [0.3, 0.4) is 0 Å². The molecule has 1 aromatic heterocycles. The number of ether oxygens (including phenoxy) is 1.